The molecule has 11 heterocycles. The van der Waals surface area contributed by atoms with Gasteiger partial charge in [0.2, 0.25) is 11.6 Å². The molecule has 0 bridgehead atoms. The van der Waals surface area contributed by atoms with Crippen LogP contribution in [0.15, 0.2) is 263 Å². The highest BCUT2D eigenvalue weighted by Gasteiger charge is 2.30. The van der Waals surface area contributed by atoms with E-state index in [9.17, 15) is 19.2 Å². The standard InChI is InChI=1S/C21H27N5O3.C20H27N6O3.C20H23N5O3.C19H22ClN5O2.C19H23N5O2/c1-15-13-17(16(14-19(15)28)22-8-11-27)23-20-18-7-5-6-9-25(18)24-21(20)29-12-10-26(2,3)4;1-26(2,3)8-10-29-20-19(17-6-4-5-7-25(17)24-20)23-16-13-18(28-11-9-27)15(22)12-14(16)21;1-25(2,3)9-11-28-20-19(16-6-4-5-8-24(16)23-20)22-14-13-18-15(12-17(14)26)21-7-10-27-18;1-12-11-13(16(21)15(20)18(12)26)22-17-14-7-5-6-8-24(14)23-19(17)27-10-9-25(2,3)4;1-13-11-15(14(20)12-17(13)25)21-18-16-7-5-6-8-23(16)22-19(18)26-10-9-24(2,3)4/h5-7,9,13-14,27H,8,10-12H2,1-4H3;4-7,12-13,21,27H,8-11,22H2,1-3H3;4-6,8,12-13H,7,9-11H2,1-3H3;5-8,11H,9-10H2,1-4H3,(H-,21,26);5-8,11-12H,9-10H2,1-4H3,(H-,20,25)/q;+1;;;/p+4. The number of fused-ring (bicyclic) bond motifs is 6. The Hall–Kier alpha value is -14.8. The number of pyridine rings is 5. The molecule has 10 aromatic heterocycles. The molecule has 0 radical (unpaired) electrons. The van der Waals surface area contributed by atoms with Crippen molar-refractivity contribution in [3.8, 4) is 29.4 Å². The van der Waals surface area contributed by atoms with Crippen LogP contribution in [0.3, 0.4) is 0 Å². The van der Waals surface area contributed by atoms with Gasteiger partial charge in [0.05, 0.1) is 204 Å². The molecule has 1 aliphatic heterocycles. The lowest BCUT2D eigenvalue weighted by atomic mass is 10.0. The van der Waals surface area contributed by atoms with Gasteiger partial charge in [0.25, 0.3) is 29.4 Å². The first kappa shape index (κ1) is 103. The molecule has 0 unspecified atom stereocenters. The third-order valence-corrected chi connectivity index (χ3v) is 21.6. The third-order valence-electron chi connectivity index (χ3n) is 21.3. The van der Waals surface area contributed by atoms with E-state index in [1.54, 1.807) is 73.7 Å². The second kappa shape index (κ2) is 45.0. The first-order valence-corrected chi connectivity index (χ1v) is 45.5. The molecule has 0 saturated carbocycles. The Morgan fingerprint density at radius 1 is 0.417 bits per heavy atom. The number of Topliss-reactive ketones (excluding diaryl/α,β-unsaturated/α-hetero) is 1. The quantitative estimate of drug-likeness (QED) is 0.0115. The molecular weight excluding hydrogens is 1800 g/mol. The summed E-state index contributed by atoms with van der Waals surface area (Å²) < 4.78 is 53.2. The van der Waals surface area contributed by atoms with Crippen molar-refractivity contribution in [3.05, 3.63) is 238 Å². The lowest BCUT2D eigenvalue weighted by molar-refractivity contribution is -0.870. The van der Waals surface area contributed by atoms with Gasteiger partial charge in [-0.05, 0) is 117 Å². The van der Waals surface area contributed by atoms with Gasteiger partial charge in [0.15, 0.2) is 40.0 Å². The number of carbonyl (C=O) groups excluding carboxylic acids is 4. The normalized spacial score (nSPS) is 16.9. The molecule has 16 rings (SSSR count). The maximum absolute atomic E-state index is 12.6. The number of quaternary nitrogens is 5. The van der Waals surface area contributed by atoms with Crippen molar-refractivity contribution < 1.29 is 85.0 Å². The van der Waals surface area contributed by atoms with Gasteiger partial charge < -0.3 is 93.6 Å². The van der Waals surface area contributed by atoms with Crippen LogP contribution < -0.4 is 51.5 Å². The van der Waals surface area contributed by atoms with E-state index in [1.807, 2.05) is 122 Å². The van der Waals surface area contributed by atoms with Crippen LogP contribution in [0, 0.1) is 5.41 Å². The topological polar surface area (TPSA) is 448 Å². The van der Waals surface area contributed by atoms with Crippen LogP contribution in [0.1, 0.15) is 20.8 Å². The summed E-state index contributed by atoms with van der Waals surface area (Å²) in [4.78, 5) is 71.7. The molecule has 0 amide bonds. The SMILES string of the molecule is CC1=CC(=Nc2c(OCC[N+](C)(C)C)nn3ccccc23)C(N)=C(Cl)C1=O.CC1=CC(=Nc2c(OCC[N+](C)(C)C)nn3ccccc23)C(N)=CC1=O.CC1=CC(=Nc2c(OCC[N+](C)(C)C)nn3ccccc23)C(NCCO)=CC1=O.C[N+](C)(C)CCOc1nn2ccccc2c1N=C1C=C(OCCO)C(N)=CC1=N.C[N+](C)(C)CCOc1nn2ccccc2c1N=C1C=C2OCCNC2=CC1=O. The van der Waals surface area contributed by atoms with Crippen LogP contribution >= 0.6 is 11.6 Å². The third kappa shape index (κ3) is 28.0. The summed E-state index contributed by atoms with van der Waals surface area (Å²) in [6.45, 7) is 13.3. The summed E-state index contributed by atoms with van der Waals surface area (Å²) in [6.07, 6.45) is 23.4. The monoisotopic (exact) mass is 1920 g/mol. The average Bonchev–Trinajstić information content (AvgIpc) is 1.68. The summed E-state index contributed by atoms with van der Waals surface area (Å²) in [5.74, 6) is 2.49. The molecule has 6 aliphatic rings. The summed E-state index contributed by atoms with van der Waals surface area (Å²) in [7, 11) is 31.5. The number of allylic oxidation sites excluding steroid dienone is 13. The van der Waals surface area contributed by atoms with E-state index in [0.29, 0.717) is 190 Å². The van der Waals surface area contributed by atoms with Crippen LogP contribution in [-0.4, -0.2) is 349 Å². The average molecular weight is 1920 g/mol. The zero-order valence-corrected chi connectivity index (χ0v) is 82.8. The predicted octanol–water partition coefficient (Wildman–Crippen LogP) is 8.50. The second-order valence-electron chi connectivity index (χ2n) is 38.1. The fraction of sp³-hybridized carbons (Fsp3) is 0.343. The van der Waals surface area contributed by atoms with E-state index in [1.165, 1.54) is 24.3 Å². The molecule has 1 fully saturated rings. The number of carbonyl (C=O) groups is 4. The highest BCUT2D eigenvalue weighted by Crippen LogP contribution is 2.39. The lowest BCUT2D eigenvalue weighted by Gasteiger charge is -2.23. The number of ketones is 4. The number of nitrogens with two attached hydrogens (primary N) is 3. The Kier molecular flexibility index (Phi) is 33.4. The summed E-state index contributed by atoms with van der Waals surface area (Å²) >= 11 is 6.07. The number of aliphatic hydroxyl groups is 2. The first-order chi connectivity index (χ1) is 65.9. The number of aliphatic imine (C=N–C) groups is 5. The van der Waals surface area contributed by atoms with Crippen LogP contribution in [0.2, 0.25) is 0 Å². The zero-order valence-electron chi connectivity index (χ0n) is 82.0. The Morgan fingerprint density at radius 2 is 0.777 bits per heavy atom. The van der Waals surface area contributed by atoms with Crippen LogP contribution in [0.4, 0.5) is 28.4 Å². The summed E-state index contributed by atoms with van der Waals surface area (Å²) in [5.41, 5.74) is 30.9. The number of morpholine rings is 1. The number of nitrogens with one attached hydrogen (secondary N) is 3. The molecule has 732 valence electrons. The minimum absolute atomic E-state index is 0.0160. The maximum atomic E-state index is 12.6. The van der Waals surface area contributed by atoms with E-state index in [2.05, 4.69) is 162 Å². The van der Waals surface area contributed by atoms with Gasteiger partial charge in [-0.15, -0.1) is 25.5 Å². The molecule has 0 atom stereocenters. The number of likely N-dealkylation sites (N-methyl/N-ethyl adjacent to an activating group) is 5. The van der Waals surface area contributed by atoms with Gasteiger partial charge in [-0.2, -0.15) is 0 Å². The number of aromatic nitrogens is 10. The maximum Gasteiger partial charge on any atom is 0.260 e. The molecule has 11 N–H and O–H groups in total. The van der Waals surface area contributed by atoms with Gasteiger partial charge in [-0.3, -0.25) is 24.6 Å². The van der Waals surface area contributed by atoms with Gasteiger partial charge in [-0.25, -0.2) is 47.5 Å². The number of aliphatic hydroxyl groups excluding tert-OH is 2. The molecule has 139 heavy (non-hydrogen) atoms. The van der Waals surface area contributed by atoms with Crippen LogP contribution in [0.25, 0.3) is 27.6 Å². The van der Waals surface area contributed by atoms with Crippen molar-refractivity contribution >= 4 is 125 Å². The van der Waals surface area contributed by atoms with Gasteiger partial charge in [0, 0.05) is 80.0 Å². The van der Waals surface area contributed by atoms with Crippen LogP contribution in [0.5, 0.6) is 29.4 Å². The molecule has 40 heteroatoms. The Labute approximate surface area is 811 Å². The number of nitrogens with zero attached hydrogens (tertiary/aromatic N) is 20. The van der Waals surface area contributed by atoms with Crippen molar-refractivity contribution in [1.29, 1.82) is 5.41 Å². The highest BCUT2D eigenvalue weighted by molar-refractivity contribution is 6.51. The number of rotatable bonds is 31. The fourth-order valence-corrected chi connectivity index (χ4v) is 13.7. The minimum atomic E-state index is -0.285. The van der Waals surface area contributed by atoms with Gasteiger partial charge >= 0.3 is 0 Å². The molecule has 39 nitrogen and oxygen atoms in total. The van der Waals surface area contributed by atoms with E-state index in [0.717, 1.165) is 82.7 Å². The molecular formula is C99H126ClN26O13+5. The van der Waals surface area contributed by atoms with E-state index in [4.69, 9.17) is 82.6 Å². The number of hydrogen-bond acceptors (Lipinski definition) is 29. The molecule has 10 aromatic rings. The van der Waals surface area contributed by atoms with Crippen molar-refractivity contribution in [2.24, 2.45) is 42.2 Å². The van der Waals surface area contributed by atoms with Crippen molar-refractivity contribution in [2.45, 2.75) is 20.8 Å². The van der Waals surface area contributed by atoms with E-state index in [-0.39, 0.29) is 59.4 Å². The second-order valence-corrected chi connectivity index (χ2v) is 38.5. The van der Waals surface area contributed by atoms with E-state index < -0.39 is 0 Å². The number of halogens is 1. The summed E-state index contributed by atoms with van der Waals surface area (Å²) in [5, 5.41) is 55.1. The highest BCUT2D eigenvalue weighted by atomic mass is 35.5. The molecule has 5 aliphatic carbocycles. The molecule has 1 saturated heterocycles. The van der Waals surface area contributed by atoms with Crippen LogP contribution in [-0.2, 0) is 28.7 Å². The van der Waals surface area contributed by atoms with Gasteiger partial charge in [-0.1, -0.05) is 41.9 Å². The minimum Gasteiger partial charge on any atom is -0.490 e. The van der Waals surface area contributed by atoms with Crippen molar-refractivity contribution in [3.63, 3.8) is 0 Å². The first-order valence-electron chi connectivity index (χ1n) is 45.1. The largest absolute Gasteiger partial charge is 0.490 e. The smallest absolute Gasteiger partial charge is 0.260 e. The fourth-order valence-electron chi connectivity index (χ4n) is 13.4. The van der Waals surface area contributed by atoms with Crippen molar-refractivity contribution in [1.82, 2.24) is 58.7 Å². The molecule has 0 aromatic carbocycles. The zero-order chi connectivity index (χ0) is 100. The number of hydrogen-bond donors (Lipinski definition) is 8. The Morgan fingerprint density at radius 3 is 1.17 bits per heavy atom. The summed E-state index contributed by atoms with van der Waals surface area (Å²) in [6, 6.07) is 28.5. The van der Waals surface area contributed by atoms with Crippen molar-refractivity contribution in [2.75, 3.05) is 211 Å². The Balaban J connectivity index is 0.000000156. The predicted molar refractivity (Wildman–Crippen MR) is 538 cm³/mol. The number of ether oxygens (including phenoxy) is 7. The lowest BCUT2D eigenvalue weighted by Crippen LogP contribution is -2.38. The Bertz CT molecular complexity index is 6820. The van der Waals surface area contributed by atoms with Gasteiger partial charge in [0.1, 0.15) is 101 Å². The molecule has 0 spiro atoms. The van der Waals surface area contributed by atoms with E-state index >= 15 is 0 Å².